The molecule has 1 N–H and O–H groups in total. The highest BCUT2D eigenvalue weighted by atomic mass is 16.5. The number of likely N-dealkylation sites (tertiary alicyclic amines) is 1. The summed E-state index contributed by atoms with van der Waals surface area (Å²) >= 11 is 0. The van der Waals surface area contributed by atoms with Gasteiger partial charge in [-0.3, -0.25) is 9.69 Å². The third-order valence-corrected chi connectivity index (χ3v) is 5.09. The first-order chi connectivity index (χ1) is 14.0. The molecule has 2 aromatic rings. The molecule has 1 fully saturated rings. The number of methoxy groups -OCH3 is 3. The Bertz CT molecular complexity index is 875. The number of hydrogen-bond donors (Lipinski definition) is 1. The van der Waals surface area contributed by atoms with Crippen LogP contribution < -0.4 is 14.2 Å². The van der Waals surface area contributed by atoms with E-state index in [1.807, 2.05) is 12.1 Å². The molecular formula is C23H27NO5. The molecule has 0 bridgehead atoms. The fourth-order valence-electron chi connectivity index (χ4n) is 3.52. The summed E-state index contributed by atoms with van der Waals surface area (Å²) in [6.45, 7) is 2.93. The van der Waals surface area contributed by atoms with E-state index in [4.69, 9.17) is 14.2 Å². The molecule has 154 valence electrons. The Hall–Kier alpha value is -2.99. The molecule has 1 heterocycles. The van der Waals surface area contributed by atoms with Gasteiger partial charge in [0.2, 0.25) is 5.75 Å². The van der Waals surface area contributed by atoms with Crippen molar-refractivity contribution in [3.05, 3.63) is 53.1 Å². The molecule has 6 heteroatoms. The molecule has 0 saturated carbocycles. The average molecular weight is 397 g/mol. The highest BCUT2D eigenvalue weighted by Gasteiger charge is 2.16. The normalized spacial score (nSPS) is 14.3. The minimum atomic E-state index is -0.110. The molecule has 0 spiro atoms. The van der Waals surface area contributed by atoms with E-state index in [1.165, 1.54) is 33.1 Å². The molecular weight excluding hydrogens is 370 g/mol. The van der Waals surface area contributed by atoms with Gasteiger partial charge in [-0.2, -0.15) is 0 Å². The van der Waals surface area contributed by atoms with Crippen molar-refractivity contribution in [2.45, 2.75) is 19.4 Å². The Kier molecular flexibility index (Phi) is 6.77. The first-order valence-electron chi connectivity index (χ1n) is 9.62. The number of phenols is 1. The third kappa shape index (κ3) is 4.90. The first-order valence-corrected chi connectivity index (χ1v) is 9.62. The summed E-state index contributed by atoms with van der Waals surface area (Å²) in [5, 5.41) is 10.0. The molecule has 3 rings (SSSR count). The number of nitrogens with zero attached hydrogens (tertiary/aromatic N) is 1. The van der Waals surface area contributed by atoms with Gasteiger partial charge in [0, 0.05) is 17.7 Å². The van der Waals surface area contributed by atoms with Crippen LogP contribution in [0.25, 0.3) is 6.08 Å². The number of carbonyl (C=O) groups excluding carboxylic acids is 1. The number of carbonyl (C=O) groups is 1. The van der Waals surface area contributed by atoms with Crippen LogP contribution in [0.15, 0.2) is 36.4 Å². The van der Waals surface area contributed by atoms with Crippen LogP contribution in [0.3, 0.4) is 0 Å². The van der Waals surface area contributed by atoms with Crippen molar-refractivity contribution in [3.8, 4) is 23.0 Å². The monoisotopic (exact) mass is 397 g/mol. The average Bonchev–Trinajstić information content (AvgIpc) is 3.25. The van der Waals surface area contributed by atoms with Gasteiger partial charge in [0.25, 0.3) is 0 Å². The molecule has 0 amide bonds. The van der Waals surface area contributed by atoms with Gasteiger partial charge in [-0.05, 0) is 67.9 Å². The predicted octanol–water partition coefficient (Wildman–Crippen LogP) is 3.91. The van der Waals surface area contributed by atoms with E-state index in [-0.39, 0.29) is 23.0 Å². The van der Waals surface area contributed by atoms with Crippen molar-refractivity contribution in [3.63, 3.8) is 0 Å². The summed E-state index contributed by atoms with van der Waals surface area (Å²) in [6, 6.07) is 8.82. The standard InChI is InChI=1S/C23H27NO5/c1-27-20-9-7-17(14-18(20)15-24-10-4-5-11-24)19(25)8-6-16-12-21(28-2)23(26)22(13-16)29-3/h6-9,12-14,26H,4-5,10-11,15H2,1-3H3/b8-6+. The van der Waals surface area contributed by atoms with Gasteiger partial charge in [-0.1, -0.05) is 6.08 Å². The van der Waals surface area contributed by atoms with Gasteiger partial charge in [-0.25, -0.2) is 0 Å². The number of hydrogen-bond acceptors (Lipinski definition) is 6. The van der Waals surface area contributed by atoms with E-state index in [9.17, 15) is 9.90 Å². The fraction of sp³-hybridized carbons (Fsp3) is 0.348. The minimum absolute atomic E-state index is 0.0693. The first kappa shape index (κ1) is 20.7. The Morgan fingerprint density at radius 2 is 1.62 bits per heavy atom. The number of ether oxygens (including phenoxy) is 3. The smallest absolute Gasteiger partial charge is 0.200 e. The van der Waals surface area contributed by atoms with Crippen molar-refractivity contribution in [1.82, 2.24) is 4.90 Å². The molecule has 0 radical (unpaired) electrons. The Morgan fingerprint density at radius 1 is 1.00 bits per heavy atom. The molecule has 0 aliphatic carbocycles. The van der Waals surface area contributed by atoms with Crippen LogP contribution in [0.1, 0.15) is 34.3 Å². The summed E-state index contributed by atoms with van der Waals surface area (Å²) in [6.07, 6.45) is 5.61. The second-order valence-corrected chi connectivity index (χ2v) is 6.98. The summed E-state index contributed by atoms with van der Waals surface area (Å²) in [4.78, 5) is 15.1. The second-order valence-electron chi connectivity index (χ2n) is 6.98. The van der Waals surface area contributed by atoms with Crippen molar-refractivity contribution < 1.29 is 24.1 Å². The lowest BCUT2D eigenvalue weighted by Crippen LogP contribution is -2.19. The van der Waals surface area contributed by atoms with Crippen LogP contribution in [0, 0.1) is 0 Å². The molecule has 0 atom stereocenters. The number of allylic oxidation sites excluding steroid dienone is 1. The van der Waals surface area contributed by atoms with Gasteiger partial charge in [0.05, 0.1) is 21.3 Å². The second kappa shape index (κ2) is 9.47. The Morgan fingerprint density at radius 3 is 2.21 bits per heavy atom. The van der Waals surface area contributed by atoms with Gasteiger partial charge >= 0.3 is 0 Å². The molecule has 0 aromatic heterocycles. The van der Waals surface area contributed by atoms with E-state index in [0.717, 1.165) is 30.9 Å². The number of aromatic hydroxyl groups is 1. The summed E-state index contributed by atoms with van der Waals surface area (Å²) in [7, 11) is 4.58. The van der Waals surface area contributed by atoms with Crippen molar-refractivity contribution in [1.29, 1.82) is 0 Å². The van der Waals surface area contributed by atoms with Crippen LogP contribution in [-0.4, -0.2) is 50.2 Å². The fourth-order valence-corrected chi connectivity index (χ4v) is 3.52. The predicted molar refractivity (Wildman–Crippen MR) is 112 cm³/mol. The molecule has 1 saturated heterocycles. The molecule has 1 aliphatic rings. The van der Waals surface area contributed by atoms with E-state index < -0.39 is 0 Å². The van der Waals surface area contributed by atoms with Crippen LogP contribution in [0.5, 0.6) is 23.0 Å². The number of benzene rings is 2. The number of phenolic OH excluding ortho intramolecular Hbond substituents is 1. The van der Waals surface area contributed by atoms with Gasteiger partial charge < -0.3 is 19.3 Å². The van der Waals surface area contributed by atoms with Crippen molar-refractivity contribution in [2.75, 3.05) is 34.4 Å². The van der Waals surface area contributed by atoms with Crippen LogP contribution in [0.4, 0.5) is 0 Å². The topological polar surface area (TPSA) is 68.2 Å². The van der Waals surface area contributed by atoms with Gasteiger partial charge in [0.15, 0.2) is 17.3 Å². The lowest BCUT2D eigenvalue weighted by atomic mass is 10.0. The zero-order valence-electron chi connectivity index (χ0n) is 17.1. The molecule has 29 heavy (non-hydrogen) atoms. The van der Waals surface area contributed by atoms with Crippen LogP contribution in [0.2, 0.25) is 0 Å². The Labute approximate surface area is 171 Å². The maximum Gasteiger partial charge on any atom is 0.200 e. The van der Waals surface area contributed by atoms with E-state index >= 15 is 0 Å². The van der Waals surface area contributed by atoms with Gasteiger partial charge in [0.1, 0.15) is 5.75 Å². The highest BCUT2D eigenvalue weighted by molar-refractivity contribution is 6.07. The molecule has 1 aliphatic heterocycles. The zero-order chi connectivity index (χ0) is 20.8. The zero-order valence-corrected chi connectivity index (χ0v) is 17.1. The maximum absolute atomic E-state index is 12.7. The van der Waals surface area contributed by atoms with E-state index in [0.29, 0.717) is 11.1 Å². The SMILES string of the molecule is COc1ccc(C(=O)/C=C/c2cc(OC)c(O)c(OC)c2)cc1CN1CCCC1. The molecule has 6 nitrogen and oxygen atoms in total. The summed E-state index contributed by atoms with van der Waals surface area (Å²) < 4.78 is 15.8. The molecule has 2 aromatic carbocycles. The van der Waals surface area contributed by atoms with E-state index in [2.05, 4.69) is 4.90 Å². The van der Waals surface area contributed by atoms with Gasteiger partial charge in [-0.15, -0.1) is 0 Å². The molecule has 0 unspecified atom stereocenters. The summed E-state index contributed by atoms with van der Waals surface area (Å²) in [5.41, 5.74) is 2.31. The highest BCUT2D eigenvalue weighted by Crippen LogP contribution is 2.37. The van der Waals surface area contributed by atoms with Crippen molar-refractivity contribution in [2.24, 2.45) is 0 Å². The Balaban J connectivity index is 1.81. The van der Waals surface area contributed by atoms with Crippen molar-refractivity contribution >= 4 is 11.9 Å². The van der Waals surface area contributed by atoms with E-state index in [1.54, 1.807) is 31.4 Å². The quantitative estimate of drug-likeness (QED) is 0.538. The largest absolute Gasteiger partial charge is 0.502 e. The van der Waals surface area contributed by atoms with Crippen LogP contribution in [-0.2, 0) is 6.54 Å². The van der Waals surface area contributed by atoms with Crippen LogP contribution >= 0.6 is 0 Å². The number of rotatable bonds is 8. The number of ketones is 1. The lowest BCUT2D eigenvalue weighted by Gasteiger charge is -2.17. The maximum atomic E-state index is 12.7. The third-order valence-electron chi connectivity index (χ3n) is 5.09. The minimum Gasteiger partial charge on any atom is -0.502 e. The lowest BCUT2D eigenvalue weighted by molar-refractivity contribution is 0.104. The summed E-state index contributed by atoms with van der Waals surface area (Å²) in [5.74, 6) is 1.19.